The molecule has 0 radical (unpaired) electrons. The van der Waals surface area contributed by atoms with Crippen LogP contribution in [0.15, 0.2) is 24.5 Å². The summed E-state index contributed by atoms with van der Waals surface area (Å²) in [4.78, 5) is 7.12. The summed E-state index contributed by atoms with van der Waals surface area (Å²) in [6.07, 6.45) is 3.41. The molecule has 2 rings (SSSR count). The molecule has 0 spiro atoms. The van der Waals surface area contributed by atoms with Gasteiger partial charge in [0.2, 0.25) is 0 Å². The van der Waals surface area contributed by atoms with Crippen molar-refractivity contribution in [2.24, 2.45) is 0 Å². The third-order valence-corrected chi connectivity index (χ3v) is 3.22. The summed E-state index contributed by atoms with van der Waals surface area (Å²) in [6, 6.07) is 2.94. The predicted octanol–water partition coefficient (Wildman–Crippen LogP) is 2.91. The van der Waals surface area contributed by atoms with Crippen LogP contribution in [0.3, 0.4) is 0 Å². The molecule has 0 amide bonds. The van der Waals surface area contributed by atoms with E-state index in [9.17, 15) is 4.39 Å². The minimum absolute atomic E-state index is 0.0632. The van der Waals surface area contributed by atoms with Crippen LogP contribution in [0.1, 0.15) is 18.8 Å². The van der Waals surface area contributed by atoms with E-state index >= 15 is 0 Å². The standard InChI is InChI=1S/C11H12FIN4/c1-6(11-15-2-3-16-11)17-10-4-7(12)8(13)5-9(10)14/h2-6,17H,14H2,1H3,(H,15,16). The number of H-pyrrole nitrogens is 1. The van der Waals surface area contributed by atoms with E-state index in [4.69, 9.17) is 5.73 Å². The van der Waals surface area contributed by atoms with E-state index in [0.29, 0.717) is 14.9 Å². The highest BCUT2D eigenvalue weighted by Crippen LogP contribution is 2.26. The largest absolute Gasteiger partial charge is 0.397 e. The van der Waals surface area contributed by atoms with Gasteiger partial charge in [0.1, 0.15) is 11.6 Å². The highest BCUT2D eigenvalue weighted by molar-refractivity contribution is 14.1. The van der Waals surface area contributed by atoms with Gasteiger partial charge in [-0.1, -0.05) is 0 Å². The summed E-state index contributed by atoms with van der Waals surface area (Å²) < 4.78 is 13.9. The molecule has 2 aromatic rings. The molecular weight excluding hydrogens is 334 g/mol. The van der Waals surface area contributed by atoms with Gasteiger partial charge in [0.05, 0.1) is 21.0 Å². The number of aromatic nitrogens is 2. The van der Waals surface area contributed by atoms with Crippen LogP contribution in [0.5, 0.6) is 0 Å². The number of halogens is 2. The van der Waals surface area contributed by atoms with Crippen molar-refractivity contribution in [2.45, 2.75) is 13.0 Å². The topological polar surface area (TPSA) is 66.7 Å². The molecule has 0 aliphatic carbocycles. The van der Waals surface area contributed by atoms with Crippen molar-refractivity contribution in [1.29, 1.82) is 0 Å². The molecule has 6 heteroatoms. The number of nitrogens with zero attached hydrogens (tertiary/aromatic N) is 1. The fourth-order valence-corrected chi connectivity index (χ4v) is 1.99. The van der Waals surface area contributed by atoms with Gasteiger partial charge in [-0.2, -0.15) is 0 Å². The fraction of sp³-hybridized carbons (Fsp3) is 0.182. The van der Waals surface area contributed by atoms with Crippen molar-refractivity contribution >= 4 is 34.0 Å². The van der Waals surface area contributed by atoms with Gasteiger partial charge in [0.25, 0.3) is 0 Å². The van der Waals surface area contributed by atoms with Gasteiger partial charge in [-0.3, -0.25) is 0 Å². The highest BCUT2D eigenvalue weighted by atomic mass is 127. The third-order valence-electron chi connectivity index (χ3n) is 2.39. The number of nitrogens with two attached hydrogens (primary N) is 1. The zero-order valence-corrected chi connectivity index (χ0v) is 11.3. The number of imidazole rings is 1. The number of anilines is 2. The lowest BCUT2D eigenvalue weighted by Crippen LogP contribution is -2.10. The van der Waals surface area contributed by atoms with Crippen molar-refractivity contribution in [1.82, 2.24) is 9.97 Å². The number of nitrogen functional groups attached to an aromatic ring is 1. The van der Waals surface area contributed by atoms with E-state index in [2.05, 4.69) is 15.3 Å². The number of hydrogen-bond acceptors (Lipinski definition) is 3. The molecule has 0 fully saturated rings. The molecule has 1 atom stereocenters. The lowest BCUT2D eigenvalue weighted by molar-refractivity contribution is 0.620. The van der Waals surface area contributed by atoms with Crippen LogP contribution in [-0.2, 0) is 0 Å². The molecule has 0 aliphatic heterocycles. The lowest BCUT2D eigenvalue weighted by atomic mass is 10.2. The second kappa shape index (κ2) is 4.91. The Morgan fingerprint density at radius 1 is 1.53 bits per heavy atom. The van der Waals surface area contributed by atoms with Crippen molar-refractivity contribution in [3.8, 4) is 0 Å². The minimum atomic E-state index is -0.283. The molecule has 17 heavy (non-hydrogen) atoms. The lowest BCUT2D eigenvalue weighted by Gasteiger charge is -2.15. The van der Waals surface area contributed by atoms with Crippen LogP contribution in [0.2, 0.25) is 0 Å². The minimum Gasteiger partial charge on any atom is -0.397 e. The fourth-order valence-electron chi connectivity index (χ4n) is 1.50. The Balaban J connectivity index is 2.22. The van der Waals surface area contributed by atoms with Gasteiger partial charge >= 0.3 is 0 Å². The van der Waals surface area contributed by atoms with Gasteiger partial charge in [-0.15, -0.1) is 0 Å². The molecule has 4 nitrogen and oxygen atoms in total. The van der Waals surface area contributed by atoms with Crippen LogP contribution in [0, 0.1) is 9.39 Å². The number of aromatic amines is 1. The quantitative estimate of drug-likeness (QED) is 0.591. The maximum atomic E-state index is 13.4. The van der Waals surface area contributed by atoms with Gasteiger partial charge < -0.3 is 16.0 Å². The summed E-state index contributed by atoms with van der Waals surface area (Å²) >= 11 is 1.91. The second-order valence-corrected chi connectivity index (χ2v) is 4.86. The monoisotopic (exact) mass is 346 g/mol. The summed E-state index contributed by atoms with van der Waals surface area (Å²) in [5.74, 6) is 0.498. The number of hydrogen-bond donors (Lipinski definition) is 3. The smallest absolute Gasteiger partial charge is 0.138 e. The molecule has 1 aromatic carbocycles. The summed E-state index contributed by atoms with van der Waals surface area (Å²) in [7, 11) is 0. The summed E-state index contributed by atoms with van der Waals surface area (Å²) in [6.45, 7) is 1.92. The molecular formula is C11H12FIN4. The first-order chi connectivity index (χ1) is 8.08. The molecule has 90 valence electrons. The Morgan fingerprint density at radius 3 is 2.94 bits per heavy atom. The van der Waals surface area contributed by atoms with Crippen molar-refractivity contribution in [3.63, 3.8) is 0 Å². The molecule has 0 bridgehead atoms. The Hall–Kier alpha value is -1.31. The average molecular weight is 346 g/mol. The maximum Gasteiger partial charge on any atom is 0.138 e. The van der Waals surface area contributed by atoms with E-state index in [-0.39, 0.29) is 11.9 Å². The Morgan fingerprint density at radius 2 is 2.29 bits per heavy atom. The normalized spacial score (nSPS) is 12.4. The van der Waals surface area contributed by atoms with Gasteiger partial charge in [0.15, 0.2) is 0 Å². The first kappa shape index (κ1) is 12.2. The van der Waals surface area contributed by atoms with Gasteiger partial charge in [-0.05, 0) is 35.6 Å². The van der Waals surface area contributed by atoms with Crippen LogP contribution in [0.25, 0.3) is 0 Å². The first-order valence-electron chi connectivity index (χ1n) is 5.08. The zero-order valence-electron chi connectivity index (χ0n) is 9.17. The average Bonchev–Trinajstić information content (AvgIpc) is 2.79. The molecule has 0 saturated carbocycles. The number of benzene rings is 1. The van der Waals surface area contributed by atoms with Gasteiger partial charge in [-0.25, -0.2) is 9.37 Å². The van der Waals surface area contributed by atoms with Crippen LogP contribution in [-0.4, -0.2) is 9.97 Å². The molecule has 0 aliphatic rings. The van der Waals surface area contributed by atoms with Crippen LogP contribution < -0.4 is 11.1 Å². The predicted molar refractivity (Wildman–Crippen MR) is 74.2 cm³/mol. The number of nitrogens with one attached hydrogen (secondary N) is 2. The van der Waals surface area contributed by atoms with Crippen LogP contribution in [0.4, 0.5) is 15.8 Å². The van der Waals surface area contributed by atoms with E-state index in [0.717, 1.165) is 5.82 Å². The van der Waals surface area contributed by atoms with Gasteiger partial charge in [0, 0.05) is 18.5 Å². The third kappa shape index (κ3) is 2.68. The Kier molecular flexibility index (Phi) is 3.51. The first-order valence-corrected chi connectivity index (χ1v) is 6.16. The molecule has 1 aromatic heterocycles. The molecule has 1 unspecified atom stereocenters. The van der Waals surface area contributed by atoms with E-state index in [1.54, 1.807) is 18.5 Å². The molecule has 1 heterocycles. The summed E-state index contributed by atoms with van der Waals surface area (Å²) in [5, 5.41) is 3.12. The summed E-state index contributed by atoms with van der Waals surface area (Å²) in [5.41, 5.74) is 6.93. The second-order valence-electron chi connectivity index (χ2n) is 3.69. The molecule has 0 saturated heterocycles. The maximum absolute atomic E-state index is 13.4. The van der Waals surface area contributed by atoms with Crippen molar-refractivity contribution in [3.05, 3.63) is 39.7 Å². The van der Waals surface area contributed by atoms with Crippen molar-refractivity contribution < 1.29 is 4.39 Å². The van der Waals surface area contributed by atoms with E-state index < -0.39 is 0 Å². The highest BCUT2D eigenvalue weighted by Gasteiger charge is 2.11. The SMILES string of the molecule is CC(Nc1cc(F)c(I)cc1N)c1ncc[nH]1. The van der Waals surface area contributed by atoms with E-state index in [1.165, 1.54) is 6.07 Å². The van der Waals surface area contributed by atoms with Crippen LogP contribution >= 0.6 is 22.6 Å². The molecule has 4 N–H and O–H groups in total. The van der Waals surface area contributed by atoms with Crippen molar-refractivity contribution in [2.75, 3.05) is 11.1 Å². The van der Waals surface area contributed by atoms with E-state index in [1.807, 2.05) is 29.5 Å². The zero-order chi connectivity index (χ0) is 12.4. The Bertz CT molecular complexity index is 512. The number of rotatable bonds is 3. The Labute approximate surface area is 112 Å².